The number of pyridine rings is 1. The van der Waals surface area contributed by atoms with Crippen molar-refractivity contribution in [2.75, 3.05) is 5.32 Å². The summed E-state index contributed by atoms with van der Waals surface area (Å²) in [4.78, 5) is 28.3. The minimum atomic E-state index is -0.413. The fourth-order valence-electron chi connectivity index (χ4n) is 2.27. The lowest BCUT2D eigenvalue weighted by Crippen LogP contribution is -2.29. The Hall–Kier alpha value is -3.35. The number of anilines is 1. The van der Waals surface area contributed by atoms with Gasteiger partial charge in [0.1, 0.15) is 18.2 Å². The molecular weight excluding hydrogens is 323 g/mol. The number of nitrogens with zero attached hydrogens (tertiary/aromatic N) is 3. The summed E-state index contributed by atoms with van der Waals surface area (Å²) in [7, 11) is 0. The van der Waals surface area contributed by atoms with E-state index in [0.29, 0.717) is 17.1 Å². The van der Waals surface area contributed by atoms with E-state index in [9.17, 15) is 14.0 Å². The number of rotatable bonds is 4. The van der Waals surface area contributed by atoms with Crippen LogP contribution in [0.4, 0.5) is 10.2 Å². The van der Waals surface area contributed by atoms with Gasteiger partial charge in [-0.1, -0.05) is 6.07 Å². The zero-order chi connectivity index (χ0) is 17.8. The lowest BCUT2D eigenvalue weighted by Gasteiger charge is -2.08. The van der Waals surface area contributed by atoms with E-state index >= 15 is 0 Å². The normalized spacial score (nSPS) is 10.5. The van der Waals surface area contributed by atoms with Crippen molar-refractivity contribution >= 4 is 11.7 Å². The predicted molar refractivity (Wildman–Crippen MR) is 91.5 cm³/mol. The fraction of sp³-hybridized carbons (Fsp3) is 0.111. The predicted octanol–water partition coefficient (Wildman–Crippen LogP) is 2.39. The van der Waals surface area contributed by atoms with Crippen LogP contribution in [0.5, 0.6) is 0 Å². The summed E-state index contributed by atoms with van der Waals surface area (Å²) in [5.41, 5.74) is 1.49. The Morgan fingerprint density at radius 3 is 2.60 bits per heavy atom. The Labute approximate surface area is 143 Å². The number of aromatic nitrogens is 3. The quantitative estimate of drug-likeness (QED) is 0.792. The van der Waals surface area contributed by atoms with Crippen LogP contribution in [-0.2, 0) is 11.3 Å². The van der Waals surface area contributed by atoms with E-state index in [1.807, 2.05) is 13.0 Å². The van der Waals surface area contributed by atoms with Gasteiger partial charge in [0.15, 0.2) is 0 Å². The number of benzene rings is 1. The van der Waals surface area contributed by atoms with Crippen LogP contribution in [0.1, 0.15) is 5.69 Å². The number of hydrogen-bond acceptors (Lipinski definition) is 4. The Kier molecular flexibility index (Phi) is 4.65. The van der Waals surface area contributed by atoms with E-state index in [4.69, 9.17) is 0 Å². The molecule has 126 valence electrons. The number of aryl methyl sites for hydroxylation is 1. The number of amides is 1. The molecule has 25 heavy (non-hydrogen) atoms. The minimum absolute atomic E-state index is 0.247. The van der Waals surface area contributed by atoms with Crippen LogP contribution in [0.25, 0.3) is 11.3 Å². The average Bonchev–Trinajstić information content (AvgIpc) is 2.57. The van der Waals surface area contributed by atoms with Crippen LogP contribution in [-0.4, -0.2) is 20.7 Å². The molecule has 0 saturated carbocycles. The van der Waals surface area contributed by atoms with Crippen LogP contribution >= 0.6 is 0 Å². The highest BCUT2D eigenvalue weighted by Crippen LogP contribution is 2.15. The molecule has 0 bridgehead atoms. The topological polar surface area (TPSA) is 76.9 Å². The van der Waals surface area contributed by atoms with E-state index in [0.717, 1.165) is 10.4 Å². The smallest absolute Gasteiger partial charge is 0.267 e. The van der Waals surface area contributed by atoms with Gasteiger partial charge in [-0.15, -0.1) is 0 Å². The molecule has 1 amide bonds. The van der Waals surface area contributed by atoms with Gasteiger partial charge in [0.2, 0.25) is 5.91 Å². The van der Waals surface area contributed by atoms with Crippen molar-refractivity contribution in [1.29, 1.82) is 0 Å². The van der Waals surface area contributed by atoms with Crippen molar-refractivity contribution in [2.24, 2.45) is 0 Å². The molecular formula is C18H15FN4O2. The summed E-state index contributed by atoms with van der Waals surface area (Å²) < 4.78 is 14.1. The summed E-state index contributed by atoms with van der Waals surface area (Å²) in [5, 5.41) is 6.80. The highest BCUT2D eigenvalue weighted by atomic mass is 19.1. The second-order valence-electron chi connectivity index (χ2n) is 5.43. The third-order valence-electron chi connectivity index (χ3n) is 3.46. The molecule has 0 aliphatic rings. The molecule has 0 fully saturated rings. The first-order valence-corrected chi connectivity index (χ1v) is 7.59. The molecule has 3 aromatic rings. The van der Waals surface area contributed by atoms with E-state index < -0.39 is 11.5 Å². The molecule has 2 heterocycles. The first-order valence-electron chi connectivity index (χ1n) is 7.59. The number of halogens is 1. The lowest BCUT2D eigenvalue weighted by atomic mass is 10.1. The van der Waals surface area contributed by atoms with Crippen LogP contribution < -0.4 is 10.9 Å². The van der Waals surface area contributed by atoms with Gasteiger partial charge in [-0.3, -0.25) is 9.59 Å². The molecule has 0 atom stereocenters. The Morgan fingerprint density at radius 1 is 1.12 bits per heavy atom. The first-order chi connectivity index (χ1) is 12.0. The van der Waals surface area contributed by atoms with Gasteiger partial charge in [0, 0.05) is 17.3 Å². The lowest BCUT2D eigenvalue weighted by molar-refractivity contribution is -0.117. The van der Waals surface area contributed by atoms with Crippen molar-refractivity contribution in [3.8, 4) is 11.3 Å². The second-order valence-corrected chi connectivity index (χ2v) is 5.43. The van der Waals surface area contributed by atoms with Crippen molar-refractivity contribution in [2.45, 2.75) is 13.5 Å². The third-order valence-corrected chi connectivity index (χ3v) is 3.46. The van der Waals surface area contributed by atoms with Gasteiger partial charge in [-0.2, -0.15) is 5.10 Å². The van der Waals surface area contributed by atoms with Gasteiger partial charge < -0.3 is 5.32 Å². The molecule has 0 saturated heterocycles. The average molecular weight is 338 g/mol. The fourth-order valence-corrected chi connectivity index (χ4v) is 2.27. The van der Waals surface area contributed by atoms with Gasteiger partial charge >= 0.3 is 0 Å². The maximum Gasteiger partial charge on any atom is 0.267 e. The Bertz CT molecular complexity index is 967. The van der Waals surface area contributed by atoms with E-state index in [1.165, 1.54) is 24.3 Å². The molecule has 3 rings (SSSR count). The second kappa shape index (κ2) is 7.04. The summed E-state index contributed by atoms with van der Waals surface area (Å²) in [5.74, 6) is -0.362. The molecule has 2 aromatic heterocycles. The van der Waals surface area contributed by atoms with Crippen molar-refractivity contribution in [3.63, 3.8) is 0 Å². The molecule has 7 heteroatoms. The molecule has 0 spiro atoms. The zero-order valence-corrected chi connectivity index (χ0v) is 13.4. The molecule has 1 N–H and O–H groups in total. The number of nitrogens with one attached hydrogen (secondary N) is 1. The molecule has 6 nitrogen and oxygen atoms in total. The monoisotopic (exact) mass is 338 g/mol. The summed E-state index contributed by atoms with van der Waals surface area (Å²) >= 11 is 0. The molecule has 0 aliphatic carbocycles. The summed E-state index contributed by atoms with van der Waals surface area (Å²) in [6, 6.07) is 13.8. The van der Waals surface area contributed by atoms with Gasteiger partial charge in [-0.05, 0) is 49.4 Å². The Morgan fingerprint density at radius 2 is 1.88 bits per heavy atom. The largest absolute Gasteiger partial charge is 0.309 e. The number of hydrogen-bond donors (Lipinski definition) is 1. The highest BCUT2D eigenvalue weighted by molar-refractivity contribution is 5.89. The Balaban J connectivity index is 1.80. The third kappa shape index (κ3) is 4.14. The maximum absolute atomic E-state index is 13.0. The van der Waals surface area contributed by atoms with Crippen LogP contribution in [0.3, 0.4) is 0 Å². The molecule has 0 aliphatic heterocycles. The maximum atomic E-state index is 13.0. The van der Waals surface area contributed by atoms with E-state index in [1.54, 1.807) is 24.3 Å². The summed E-state index contributed by atoms with van der Waals surface area (Å²) in [6.45, 7) is 1.57. The van der Waals surface area contributed by atoms with Gasteiger partial charge in [0.05, 0.1) is 5.69 Å². The van der Waals surface area contributed by atoms with Crippen molar-refractivity contribution in [1.82, 2.24) is 14.8 Å². The van der Waals surface area contributed by atoms with Crippen LogP contribution in [0.2, 0.25) is 0 Å². The molecule has 0 unspecified atom stereocenters. The summed E-state index contributed by atoms with van der Waals surface area (Å²) in [6.07, 6.45) is 0. The minimum Gasteiger partial charge on any atom is -0.309 e. The van der Waals surface area contributed by atoms with E-state index in [-0.39, 0.29) is 12.4 Å². The highest BCUT2D eigenvalue weighted by Gasteiger charge is 2.09. The SMILES string of the molecule is Cc1cccc(NC(=O)Cn2nc(-c3ccc(F)cc3)ccc2=O)n1. The van der Waals surface area contributed by atoms with Gasteiger partial charge in [-0.25, -0.2) is 14.1 Å². The van der Waals surface area contributed by atoms with Crippen molar-refractivity contribution in [3.05, 3.63) is 76.5 Å². The number of carbonyl (C=O) groups excluding carboxylic acids is 1. The van der Waals surface area contributed by atoms with E-state index in [2.05, 4.69) is 15.4 Å². The standard InChI is InChI=1S/C18H15FN4O2/c1-12-3-2-4-16(20-12)21-17(24)11-23-18(25)10-9-15(22-23)13-5-7-14(19)8-6-13/h2-10H,11H2,1H3,(H,20,21,24). The molecule has 0 radical (unpaired) electrons. The van der Waals surface area contributed by atoms with Crippen LogP contribution in [0.15, 0.2) is 59.4 Å². The van der Waals surface area contributed by atoms with Crippen LogP contribution in [0, 0.1) is 12.7 Å². The zero-order valence-electron chi connectivity index (χ0n) is 13.4. The molecule has 1 aromatic carbocycles. The van der Waals surface area contributed by atoms with Gasteiger partial charge in [0.25, 0.3) is 5.56 Å². The van der Waals surface area contributed by atoms with Crippen molar-refractivity contribution < 1.29 is 9.18 Å². The number of carbonyl (C=O) groups is 1. The first kappa shape index (κ1) is 16.5.